The summed E-state index contributed by atoms with van der Waals surface area (Å²) < 4.78 is 5.75. The topological polar surface area (TPSA) is 134 Å². The van der Waals surface area contributed by atoms with Crippen LogP contribution in [0, 0.1) is 20.2 Å². The highest BCUT2D eigenvalue weighted by molar-refractivity contribution is 5.86. The number of unbranched alkanes of at least 4 members (excludes halogenated alkanes) is 2. The summed E-state index contributed by atoms with van der Waals surface area (Å²) in [5.41, 5.74) is 4.35. The molecule has 0 radical (unpaired) electrons. The maximum Gasteiger partial charge on any atom is 0.367 e. The Morgan fingerprint density at radius 1 is 0.633 bits per heavy atom. The van der Waals surface area contributed by atoms with Gasteiger partial charge in [-0.15, -0.1) is 0 Å². The lowest BCUT2D eigenvalue weighted by atomic mass is 10.0. The van der Waals surface area contributed by atoms with E-state index >= 15 is 0 Å². The van der Waals surface area contributed by atoms with E-state index < -0.39 is 9.85 Å². The molecule has 3 heterocycles. The second-order valence-corrected chi connectivity index (χ2v) is 11.1. The van der Waals surface area contributed by atoms with Crippen molar-refractivity contribution in [2.45, 2.75) is 39.2 Å². The van der Waals surface area contributed by atoms with Crippen LogP contribution < -0.4 is 4.74 Å². The van der Waals surface area contributed by atoms with Crippen molar-refractivity contribution in [1.29, 1.82) is 0 Å². The number of nitro groups is 2. The van der Waals surface area contributed by atoms with Gasteiger partial charge in [-0.25, -0.2) is 0 Å². The fraction of sp³-hybridized carbons (Fsp3) is 0.154. The molecule has 0 atom stereocenters. The number of para-hydroxylation sites is 3. The quantitative estimate of drug-likeness (QED) is 0.0853. The summed E-state index contributed by atoms with van der Waals surface area (Å²) in [5.74, 6) is 0.202. The Morgan fingerprint density at radius 2 is 1.20 bits per heavy atom. The zero-order chi connectivity index (χ0) is 34.4. The van der Waals surface area contributed by atoms with E-state index in [-0.39, 0.29) is 11.6 Å². The van der Waals surface area contributed by atoms with E-state index in [1.54, 1.807) is 18.2 Å². The monoisotopic (exact) mass is 653 g/mol. The molecule has 0 saturated carbocycles. The molecule has 0 aliphatic carbocycles. The van der Waals surface area contributed by atoms with Gasteiger partial charge in [0.25, 0.3) is 0 Å². The molecule has 10 nitrogen and oxygen atoms in total. The third-order valence-electron chi connectivity index (χ3n) is 7.63. The molecule has 246 valence electrons. The van der Waals surface area contributed by atoms with Crippen LogP contribution >= 0.6 is 0 Å². The Balaban J connectivity index is 0.000000152. The molecule has 7 aromatic rings. The summed E-state index contributed by atoms with van der Waals surface area (Å²) in [7, 11) is 0. The van der Waals surface area contributed by atoms with Crippen LogP contribution in [0.1, 0.15) is 37.3 Å². The third kappa shape index (κ3) is 9.39. The first kappa shape index (κ1) is 34.1. The third-order valence-corrected chi connectivity index (χ3v) is 7.63. The molecular weight excluding hydrogens is 618 g/mol. The number of fused-ring (bicyclic) bond motifs is 3. The zero-order valence-electron chi connectivity index (χ0n) is 27.0. The summed E-state index contributed by atoms with van der Waals surface area (Å²) in [6.07, 6.45) is 6.03. The first-order valence-corrected chi connectivity index (χ1v) is 16.0. The number of aromatic nitrogens is 3. The molecular formula is C39H35N5O5. The lowest BCUT2D eigenvalue weighted by Gasteiger charge is -2.08. The van der Waals surface area contributed by atoms with Crippen LogP contribution in [-0.2, 0) is 13.0 Å². The summed E-state index contributed by atoms with van der Waals surface area (Å²) in [4.78, 5) is 33.2. The average Bonchev–Trinajstić information content (AvgIpc) is 3.14. The van der Waals surface area contributed by atoms with Crippen LogP contribution in [0.25, 0.3) is 32.7 Å². The van der Waals surface area contributed by atoms with Gasteiger partial charge in [0.05, 0.1) is 17.0 Å². The minimum absolute atomic E-state index is 0.0554. The predicted molar refractivity (Wildman–Crippen MR) is 193 cm³/mol. The highest BCUT2D eigenvalue weighted by atomic mass is 16.6. The van der Waals surface area contributed by atoms with Crippen molar-refractivity contribution in [3.05, 3.63) is 165 Å². The maximum absolute atomic E-state index is 11.0. The van der Waals surface area contributed by atoms with Crippen LogP contribution in [0.5, 0.6) is 5.75 Å². The van der Waals surface area contributed by atoms with Gasteiger partial charge in [0.15, 0.2) is 11.0 Å². The Hall–Kier alpha value is -6.29. The van der Waals surface area contributed by atoms with Crippen LogP contribution in [0.3, 0.4) is 0 Å². The number of benzene rings is 4. The van der Waals surface area contributed by atoms with Gasteiger partial charge in [-0.3, -0.25) is 4.98 Å². The number of hydrogen-bond donors (Lipinski definition) is 0. The Labute approximate surface area is 283 Å². The Bertz CT molecular complexity index is 2110. The van der Waals surface area contributed by atoms with Crippen molar-refractivity contribution in [2.24, 2.45) is 0 Å². The highest BCUT2D eigenvalue weighted by Crippen LogP contribution is 2.29. The van der Waals surface area contributed by atoms with Gasteiger partial charge in [-0.05, 0) is 74.1 Å². The molecule has 0 fully saturated rings. The minimum atomic E-state index is -0.512. The van der Waals surface area contributed by atoms with E-state index in [1.807, 2.05) is 97.2 Å². The molecule has 3 aromatic heterocycles. The lowest BCUT2D eigenvalue weighted by Crippen LogP contribution is -1.99. The summed E-state index contributed by atoms with van der Waals surface area (Å²) in [6, 6.07) is 39.5. The van der Waals surface area contributed by atoms with E-state index in [9.17, 15) is 20.2 Å². The second-order valence-electron chi connectivity index (χ2n) is 11.1. The fourth-order valence-electron chi connectivity index (χ4n) is 5.19. The molecule has 0 N–H and O–H groups in total. The second kappa shape index (κ2) is 17.0. The first-order valence-electron chi connectivity index (χ1n) is 16.0. The number of aryl methyl sites for hydroxylation is 1. The molecule has 7 rings (SSSR count). The molecule has 0 aliphatic rings. The SMILES string of the molecule is CCCCCc1cc([N+](=O)[O-])nc2ccccc12.O=[N+]([O-])c1cc(OCc2ccccc2)c2ccccc2n1.c1ccc2ncccc2c1. The normalized spacial score (nSPS) is 10.5. The number of nitrogens with zero attached hydrogens (tertiary/aromatic N) is 5. The van der Waals surface area contributed by atoms with E-state index in [2.05, 4.69) is 34.0 Å². The summed E-state index contributed by atoms with van der Waals surface area (Å²) >= 11 is 0. The lowest BCUT2D eigenvalue weighted by molar-refractivity contribution is -0.389. The fourth-order valence-corrected chi connectivity index (χ4v) is 5.19. The van der Waals surface area contributed by atoms with Crippen molar-refractivity contribution in [1.82, 2.24) is 15.0 Å². The Kier molecular flexibility index (Phi) is 11.8. The predicted octanol–water partition coefficient (Wildman–Crippen LogP) is 9.83. The average molecular weight is 654 g/mol. The van der Waals surface area contributed by atoms with Gasteiger partial charge in [0.1, 0.15) is 12.4 Å². The van der Waals surface area contributed by atoms with Crippen molar-refractivity contribution in [2.75, 3.05) is 0 Å². The number of pyridine rings is 3. The van der Waals surface area contributed by atoms with E-state index in [4.69, 9.17) is 4.74 Å². The standard InChI is InChI=1S/C16H12N2O3.C14H16N2O2.C9H7N/c19-18(20)16-10-15(13-8-4-5-9-14(13)17-16)21-11-12-6-2-1-3-7-12;1-2-3-4-7-11-10-14(16(17)18)15-13-9-6-5-8-12(11)13;1-2-6-9-8(4-1)5-3-7-10-9/h1-10H,11H2;5-6,8-10H,2-4,7H2,1H3;1-7H. The van der Waals surface area contributed by atoms with E-state index in [0.717, 1.165) is 53.1 Å². The van der Waals surface area contributed by atoms with Crippen LogP contribution in [-0.4, -0.2) is 24.8 Å². The van der Waals surface area contributed by atoms with Gasteiger partial charge < -0.3 is 25.0 Å². The van der Waals surface area contributed by atoms with Gasteiger partial charge >= 0.3 is 11.6 Å². The highest BCUT2D eigenvalue weighted by Gasteiger charge is 2.16. The minimum Gasteiger partial charge on any atom is -0.488 e. The number of ether oxygens (including phenoxy) is 1. The van der Waals surface area contributed by atoms with Crippen molar-refractivity contribution in [3.8, 4) is 5.75 Å². The smallest absolute Gasteiger partial charge is 0.367 e. The molecule has 0 aliphatic heterocycles. The van der Waals surface area contributed by atoms with Crippen molar-refractivity contribution >= 4 is 44.3 Å². The van der Waals surface area contributed by atoms with Crippen molar-refractivity contribution in [3.63, 3.8) is 0 Å². The number of rotatable bonds is 9. The van der Waals surface area contributed by atoms with Crippen LogP contribution in [0.4, 0.5) is 11.6 Å². The van der Waals surface area contributed by atoms with Crippen molar-refractivity contribution < 1.29 is 14.6 Å². The molecule has 0 amide bonds. The van der Waals surface area contributed by atoms with Gasteiger partial charge in [0, 0.05) is 23.0 Å². The molecule has 0 saturated heterocycles. The van der Waals surface area contributed by atoms with Crippen LogP contribution in [0.15, 0.2) is 134 Å². The van der Waals surface area contributed by atoms with E-state index in [0.29, 0.717) is 23.4 Å². The molecule has 0 bridgehead atoms. The first-order chi connectivity index (χ1) is 23.9. The van der Waals surface area contributed by atoms with Crippen LogP contribution in [0.2, 0.25) is 0 Å². The molecule has 4 aromatic carbocycles. The number of hydrogen-bond acceptors (Lipinski definition) is 8. The molecule has 49 heavy (non-hydrogen) atoms. The van der Waals surface area contributed by atoms with Gasteiger partial charge in [-0.2, -0.15) is 0 Å². The maximum atomic E-state index is 11.0. The van der Waals surface area contributed by atoms with Gasteiger partial charge in [0.2, 0.25) is 0 Å². The Morgan fingerprint density at radius 3 is 1.88 bits per heavy atom. The largest absolute Gasteiger partial charge is 0.488 e. The zero-order valence-corrected chi connectivity index (χ0v) is 27.0. The molecule has 0 spiro atoms. The van der Waals surface area contributed by atoms with Gasteiger partial charge in [-0.1, -0.05) is 105 Å². The summed E-state index contributed by atoms with van der Waals surface area (Å²) in [5, 5.41) is 24.8. The molecule has 10 heteroatoms. The molecule has 0 unspecified atom stereocenters. The van der Waals surface area contributed by atoms with E-state index in [1.165, 1.54) is 11.5 Å². The summed E-state index contributed by atoms with van der Waals surface area (Å²) in [6.45, 7) is 2.50.